The fourth-order valence-electron chi connectivity index (χ4n) is 3.56. The fraction of sp³-hybridized carbons (Fsp3) is 0.526. The van der Waals surface area contributed by atoms with Crippen LogP contribution in [-0.2, 0) is 11.3 Å². The number of rotatable bonds is 4. The van der Waals surface area contributed by atoms with Crippen LogP contribution in [0.25, 0.3) is 10.8 Å². The highest BCUT2D eigenvalue weighted by molar-refractivity contribution is 5.81. The molecule has 2 aromatic rings. The Morgan fingerprint density at radius 2 is 1.68 bits per heavy atom. The SMILES string of the molecule is O=C(Cn1[nH]c(=O)c2ccccc2c1=O)NCC1CCCCCCC1. The van der Waals surface area contributed by atoms with Crippen molar-refractivity contribution in [3.63, 3.8) is 0 Å². The number of nitrogens with zero attached hydrogens (tertiary/aromatic N) is 1. The van der Waals surface area contributed by atoms with Crippen LogP contribution < -0.4 is 16.4 Å². The first-order chi connectivity index (χ1) is 12.1. The third kappa shape index (κ3) is 4.38. The summed E-state index contributed by atoms with van der Waals surface area (Å²) in [6.07, 6.45) is 8.60. The minimum absolute atomic E-state index is 0.161. The highest BCUT2D eigenvalue weighted by Crippen LogP contribution is 2.21. The summed E-state index contributed by atoms with van der Waals surface area (Å²) < 4.78 is 1.10. The highest BCUT2D eigenvalue weighted by atomic mass is 16.2. The lowest BCUT2D eigenvalue weighted by atomic mass is 9.91. The van der Waals surface area contributed by atoms with Gasteiger partial charge in [0.05, 0.1) is 10.8 Å². The van der Waals surface area contributed by atoms with Gasteiger partial charge in [0.15, 0.2) is 0 Å². The highest BCUT2D eigenvalue weighted by Gasteiger charge is 2.14. The Kier molecular flexibility index (Phi) is 5.68. The second-order valence-electron chi connectivity index (χ2n) is 6.89. The molecular formula is C19H25N3O3. The summed E-state index contributed by atoms with van der Waals surface area (Å²) >= 11 is 0. The number of fused-ring (bicyclic) bond motifs is 1. The summed E-state index contributed by atoms with van der Waals surface area (Å²) in [4.78, 5) is 36.7. The molecule has 6 nitrogen and oxygen atoms in total. The molecule has 1 aromatic carbocycles. The number of amides is 1. The Morgan fingerprint density at radius 3 is 2.40 bits per heavy atom. The van der Waals surface area contributed by atoms with Gasteiger partial charge in [-0.25, -0.2) is 4.68 Å². The number of hydrogen-bond acceptors (Lipinski definition) is 3. The molecule has 134 valence electrons. The first-order valence-corrected chi connectivity index (χ1v) is 9.14. The summed E-state index contributed by atoms with van der Waals surface area (Å²) in [6.45, 7) is 0.483. The van der Waals surface area contributed by atoms with Gasteiger partial charge in [-0.05, 0) is 30.9 Å². The van der Waals surface area contributed by atoms with Crippen molar-refractivity contribution in [2.75, 3.05) is 6.54 Å². The molecule has 2 N–H and O–H groups in total. The minimum atomic E-state index is -0.358. The Labute approximate surface area is 146 Å². The van der Waals surface area contributed by atoms with Crippen LogP contribution in [0.3, 0.4) is 0 Å². The zero-order valence-corrected chi connectivity index (χ0v) is 14.4. The Bertz CT molecular complexity index is 845. The van der Waals surface area contributed by atoms with E-state index in [0.717, 1.165) is 17.5 Å². The molecule has 0 radical (unpaired) electrons. The van der Waals surface area contributed by atoms with Crippen molar-refractivity contribution >= 4 is 16.7 Å². The van der Waals surface area contributed by atoms with Gasteiger partial charge in [-0.3, -0.25) is 19.5 Å². The molecule has 0 atom stereocenters. The van der Waals surface area contributed by atoms with Crippen LogP contribution >= 0.6 is 0 Å². The average molecular weight is 343 g/mol. The number of carbonyl (C=O) groups is 1. The van der Waals surface area contributed by atoms with Crippen molar-refractivity contribution in [2.24, 2.45) is 5.92 Å². The summed E-state index contributed by atoms with van der Waals surface area (Å²) in [6, 6.07) is 6.63. The van der Waals surface area contributed by atoms with Gasteiger partial charge >= 0.3 is 0 Å². The quantitative estimate of drug-likeness (QED) is 0.892. The molecule has 0 unspecified atom stereocenters. The number of hydrogen-bond donors (Lipinski definition) is 2. The maximum Gasteiger partial charge on any atom is 0.273 e. The normalized spacial score (nSPS) is 16.3. The van der Waals surface area contributed by atoms with Crippen LogP contribution in [0.5, 0.6) is 0 Å². The first kappa shape index (κ1) is 17.5. The van der Waals surface area contributed by atoms with E-state index in [0.29, 0.717) is 23.2 Å². The van der Waals surface area contributed by atoms with E-state index in [-0.39, 0.29) is 23.6 Å². The zero-order chi connectivity index (χ0) is 17.6. The number of H-pyrrole nitrogens is 1. The predicted molar refractivity (Wildman–Crippen MR) is 97.6 cm³/mol. The molecule has 1 saturated carbocycles. The van der Waals surface area contributed by atoms with E-state index in [4.69, 9.17) is 0 Å². The topological polar surface area (TPSA) is 84.0 Å². The minimum Gasteiger partial charge on any atom is -0.354 e. The van der Waals surface area contributed by atoms with Gasteiger partial charge in [0.25, 0.3) is 11.1 Å². The first-order valence-electron chi connectivity index (χ1n) is 9.14. The van der Waals surface area contributed by atoms with Crippen LogP contribution in [-0.4, -0.2) is 22.2 Å². The molecule has 0 saturated heterocycles. The molecule has 1 aliphatic rings. The van der Waals surface area contributed by atoms with E-state index >= 15 is 0 Å². The molecule has 1 amide bonds. The molecule has 3 rings (SSSR count). The van der Waals surface area contributed by atoms with Crippen LogP contribution in [0, 0.1) is 5.92 Å². The molecule has 1 aromatic heterocycles. The molecule has 6 heteroatoms. The smallest absolute Gasteiger partial charge is 0.273 e. The summed E-state index contributed by atoms with van der Waals surface area (Å²) in [7, 11) is 0. The van der Waals surface area contributed by atoms with E-state index in [9.17, 15) is 14.4 Å². The van der Waals surface area contributed by atoms with Crippen LogP contribution in [0.2, 0.25) is 0 Å². The molecule has 0 aliphatic heterocycles. The number of benzene rings is 1. The third-order valence-electron chi connectivity index (χ3n) is 5.00. The standard InChI is InChI=1S/C19H25N3O3/c23-17(20-12-14-8-4-2-1-3-5-9-14)13-22-19(25)16-11-7-6-10-15(16)18(24)21-22/h6-7,10-11,14H,1-5,8-9,12-13H2,(H,20,23)(H,21,24). The third-order valence-corrected chi connectivity index (χ3v) is 5.00. The van der Waals surface area contributed by atoms with E-state index in [1.807, 2.05) is 0 Å². The molecule has 0 bridgehead atoms. The van der Waals surface area contributed by atoms with Crippen LogP contribution in [0.4, 0.5) is 0 Å². The lowest BCUT2D eigenvalue weighted by Crippen LogP contribution is -2.38. The maximum absolute atomic E-state index is 12.4. The number of nitrogens with one attached hydrogen (secondary N) is 2. The largest absolute Gasteiger partial charge is 0.354 e. The molecule has 1 fully saturated rings. The van der Waals surface area contributed by atoms with Crippen LogP contribution in [0.15, 0.2) is 33.9 Å². The van der Waals surface area contributed by atoms with Gasteiger partial charge < -0.3 is 5.32 Å². The zero-order valence-electron chi connectivity index (χ0n) is 14.4. The molecule has 1 aliphatic carbocycles. The van der Waals surface area contributed by atoms with Gasteiger partial charge in [0.2, 0.25) is 5.91 Å². The van der Waals surface area contributed by atoms with E-state index < -0.39 is 0 Å². The lowest BCUT2D eigenvalue weighted by molar-refractivity contribution is -0.122. The van der Waals surface area contributed by atoms with Crippen molar-refractivity contribution in [3.8, 4) is 0 Å². The number of aromatic amines is 1. The van der Waals surface area contributed by atoms with Crippen LogP contribution in [0.1, 0.15) is 44.9 Å². The summed E-state index contributed by atoms with van der Waals surface area (Å²) in [5.74, 6) is 0.270. The maximum atomic E-state index is 12.4. The van der Waals surface area contributed by atoms with Gasteiger partial charge in [0, 0.05) is 6.54 Å². The van der Waals surface area contributed by atoms with Gasteiger partial charge in [-0.1, -0.05) is 44.2 Å². The number of aromatic nitrogens is 2. The van der Waals surface area contributed by atoms with Gasteiger partial charge in [-0.15, -0.1) is 0 Å². The van der Waals surface area contributed by atoms with E-state index in [2.05, 4.69) is 10.4 Å². The second-order valence-corrected chi connectivity index (χ2v) is 6.89. The van der Waals surface area contributed by atoms with E-state index in [1.54, 1.807) is 24.3 Å². The van der Waals surface area contributed by atoms with Gasteiger partial charge in [-0.2, -0.15) is 0 Å². The van der Waals surface area contributed by atoms with Crippen molar-refractivity contribution in [2.45, 2.75) is 51.5 Å². The summed E-state index contributed by atoms with van der Waals surface area (Å²) in [5, 5.41) is 6.10. The Balaban J connectivity index is 1.65. The summed E-state index contributed by atoms with van der Waals surface area (Å²) in [5.41, 5.74) is -0.709. The Morgan fingerprint density at radius 1 is 1.04 bits per heavy atom. The predicted octanol–water partition coefficient (Wildman–Crippen LogP) is 2.17. The molecule has 25 heavy (non-hydrogen) atoms. The molecule has 0 spiro atoms. The van der Waals surface area contributed by atoms with Gasteiger partial charge in [0.1, 0.15) is 6.54 Å². The average Bonchev–Trinajstić information content (AvgIpc) is 2.58. The fourth-order valence-corrected chi connectivity index (χ4v) is 3.56. The van der Waals surface area contributed by atoms with E-state index in [1.165, 1.54) is 32.1 Å². The molecular weight excluding hydrogens is 318 g/mol. The number of carbonyl (C=O) groups excluding carboxylic acids is 1. The Hall–Kier alpha value is -2.37. The molecule has 1 heterocycles. The second kappa shape index (κ2) is 8.14. The van der Waals surface area contributed by atoms with Crippen molar-refractivity contribution in [1.82, 2.24) is 15.1 Å². The lowest BCUT2D eigenvalue weighted by Gasteiger charge is -2.20. The van der Waals surface area contributed by atoms with Crippen molar-refractivity contribution in [1.29, 1.82) is 0 Å². The van der Waals surface area contributed by atoms with Crippen molar-refractivity contribution in [3.05, 3.63) is 45.0 Å². The monoisotopic (exact) mass is 343 g/mol. The van der Waals surface area contributed by atoms with Crippen molar-refractivity contribution < 1.29 is 4.79 Å².